The van der Waals surface area contributed by atoms with Crippen LogP contribution in [0.15, 0.2) is 0 Å². The Morgan fingerprint density at radius 2 is 2.40 bits per heavy atom. The Bertz CT molecular complexity index is 15.1. The molecule has 2 nitrogen and oxygen atoms in total. The Hall–Kier alpha value is 0.719. The molecule has 2 radical (unpaired) electrons. The van der Waals surface area contributed by atoms with Crippen molar-refractivity contribution < 1.29 is 10.1 Å². The van der Waals surface area contributed by atoms with Crippen molar-refractivity contribution in [2.75, 3.05) is 6.61 Å². The van der Waals surface area contributed by atoms with Gasteiger partial charge in [0.15, 0.2) is 0 Å². The van der Waals surface area contributed by atoms with E-state index in [2.05, 4.69) is 4.89 Å². The van der Waals surface area contributed by atoms with Crippen LogP contribution in [0.4, 0.5) is 0 Å². The molecule has 0 atom stereocenters. The molecule has 5 heavy (non-hydrogen) atoms. The molecule has 0 spiro atoms. The molecule has 0 aromatic heterocycles. The second-order valence-corrected chi connectivity index (χ2v) is 2.00. The van der Waals surface area contributed by atoms with Gasteiger partial charge in [-0.3, -0.25) is 0 Å². The van der Waals surface area contributed by atoms with Crippen molar-refractivity contribution in [1.82, 2.24) is 0 Å². The van der Waals surface area contributed by atoms with E-state index in [1.165, 1.54) is 22.5 Å². The van der Waals surface area contributed by atoms with Crippen molar-refractivity contribution in [2.45, 2.75) is 4.44 Å². The molecule has 0 rings (SSSR count). The summed E-state index contributed by atoms with van der Waals surface area (Å²) in [6.07, 6.45) is 0. The van der Waals surface area contributed by atoms with Crippen LogP contribution < -0.4 is 5.26 Å². The van der Waals surface area contributed by atoms with Crippen LogP contribution in [0, 0.1) is 0 Å². The zero-order chi connectivity index (χ0) is 4.12. The van der Waals surface area contributed by atoms with Gasteiger partial charge in [0.25, 0.3) is 0 Å². The molecule has 0 aliphatic heterocycles. The summed E-state index contributed by atoms with van der Waals surface area (Å²) in [4.78, 5) is 3.46. The van der Waals surface area contributed by atoms with Gasteiger partial charge in [-0.2, -0.15) is 0 Å². The van der Waals surface area contributed by atoms with E-state index in [0.717, 1.165) is 4.44 Å². The van der Waals surface area contributed by atoms with Gasteiger partial charge in [-0.1, -0.05) is 0 Å². The molecule has 0 unspecified atom stereocenters. The first kappa shape index (κ1) is 5.72. The summed E-state index contributed by atoms with van der Waals surface area (Å²) >= 11 is 1.36. The zero-order valence-corrected chi connectivity index (χ0v) is 5.58. The molecule has 28 valence electrons. The summed E-state index contributed by atoms with van der Waals surface area (Å²) in [5.74, 6) is 0. The van der Waals surface area contributed by atoms with E-state index in [-0.39, 0.29) is 0 Å². The molecule has 0 N–H and O–H groups in total. The fourth-order valence-electron chi connectivity index (χ4n) is 0.0417. The fraction of sp³-hybridized carbons (Fsp3) is 1.00. The van der Waals surface area contributed by atoms with Gasteiger partial charge >= 0.3 is 43.7 Å². The van der Waals surface area contributed by atoms with Crippen molar-refractivity contribution >= 4 is 22.5 Å². The van der Waals surface area contributed by atoms with Crippen LogP contribution in [0.3, 0.4) is 0 Å². The van der Waals surface area contributed by atoms with Crippen molar-refractivity contribution in [3.05, 3.63) is 0 Å². The summed E-state index contributed by atoms with van der Waals surface area (Å²) in [6, 6.07) is 0. The molecule has 0 saturated carbocycles. The second-order valence-electron chi connectivity index (χ2n) is 0.572. The number of hydrogen-bond acceptors (Lipinski definition) is 2. The van der Waals surface area contributed by atoms with E-state index in [4.69, 9.17) is 5.26 Å². The second kappa shape index (κ2) is 4.72. The summed E-state index contributed by atoms with van der Waals surface area (Å²) in [6.45, 7) is 0.373. The van der Waals surface area contributed by atoms with Gasteiger partial charge in [-0.05, 0) is 0 Å². The SMILES string of the molecule is [O-]OC[CH2][Sn+]. The van der Waals surface area contributed by atoms with Crippen molar-refractivity contribution in [1.29, 1.82) is 0 Å². The average Bonchev–Trinajstić information content (AvgIpc) is 1.41. The summed E-state index contributed by atoms with van der Waals surface area (Å²) in [5.41, 5.74) is 0. The normalized spacial score (nSPS) is 8.20. The van der Waals surface area contributed by atoms with Crippen LogP contribution in [-0.4, -0.2) is 29.1 Å². The fourth-order valence-corrected chi connectivity index (χ4v) is 0.280. The van der Waals surface area contributed by atoms with E-state index < -0.39 is 0 Å². The van der Waals surface area contributed by atoms with Crippen LogP contribution in [0.1, 0.15) is 0 Å². The third-order valence-electron chi connectivity index (χ3n) is 0.185. The van der Waals surface area contributed by atoms with Crippen molar-refractivity contribution in [2.24, 2.45) is 0 Å². The average molecular weight is 179 g/mol. The molecule has 0 bridgehead atoms. The van der Waals surface area contributed by atoms with Gasteiger partial charge in [-0.15, -0.1) is 0 Å². The summed E-state index contributed by atoms with van der Waals surface area (Å²) < 4.78 is 0.899. The molecule has 0 heterocycles. The van der Waals surface area contributed by atoms with Crippen LogP contribution >= 0.6 is 0 Å². The molecule has 0 amide bonds. The maximum atomic E-state index is 9.04. The van der Waals surface area contributed by atoms with Gasteiger partial charge in [0, 0.05) is 0 Å². The molecule has 3 heteroatoms. The van der Waals surface area contributed by atoms with Gasteiger partial charge < -0.3 is 0 Å². The summed E-state index contributed by atoms with van der Waals surface area (Å²) in [7, 11) is 0. The third-order valence-corrected chi connectivity index (χ3v) is 0.768. The van der Waals surface area contributed by atoms with Gasteiger partial charge in [0.05, 0.1) is 0 Å². The molecule has 0 aliphatic carbocycles. The topological polar surface area (TPSA) is 32.3 Å². The Balaban J connectivity index is 2.19. The maximum absolute atomic E-state index is 9.04. The van der Waals surface area contributed by atoms with E-state index in [9.17, 15) is 0 Å². The van der Waals surface area contributed by atoms with E-state index in [0.29, 0.717) is 6.61 Å². The third kappa shape index (κ3) is 4.72. The monoisotopic (exact) mass is 180 g/mol. The van der Waals surface area contributed by atoms with E-state index in [1.807, 2.05) is 0 Å². The Morgan fingerprint density at radius 1 is 1.80 bits per heavy atom. The van der Waals surface area contributed by atoms with E-state index >= 15 is 0 Å². The van der Waals surface area contributed by atoms with Gasteiger partial charge in [0.1, 0.15) is 0 Å². The minimum atomic E-state index is 0.373. The van der Waals surface area contributed by atoms with Crippen LogP contribution in [0.5, 0.6) is 0 Å². The molecule has 0 aliphatic rings. The molecule has 0 fully saturated rings. The van der Waals surface area contributed by atoms with Crippen LogP contribution in [-0.2, 0) is 4.89 Å². The quantitative estimate of drug-likeness (QED) is 0.305. The number of hydrogen-bond donors (Lipinski definition) is 0. The first-order chi connectivity index (χ1) is 2.41. The summed E-state index contributed by atoms with van der Waals surface area (Å²) in [5, 5.41) is 9.04. The number of rotatable bonds is 2. The molecule has 0 aromatic carbocycles. The van der Waals surface area contributed by atoms with Gasteiger partial charge in [0.2, 0.25) is 0 Å². The molecule has 0 aromatic rings. The first-order valence-corrected chi connectivity index (χ1v) is 3.33. The predicted molar refractivity (Wildman–Crippen MR) is 16.5 cm³/mol. The van der Waals surface area contributed by atoms with Gasteiger partial charge in [-0.25, -0.2) is 0 Å². The van der Waals surface area contributed by atoms with Crippen molar-refractivity contribution in [3.8, 4) is 0 Å². The van der Waals surface area contributed by atoms with E-state index in [1.54, 1.807) is 0 Å². The molecule has 0 saturated heterocycles. The standard InChI is InChI=1S/C2H5O2.Sn/c1-2-4-3;/h3H,1-2H2;/q;+1/p-1. The van der Waals surface area contributed by atoms with Crippen molar-refractivity contribution in [3.63, 3.8) is 0 Å². The minimum absolute atomic E-state index is 0.373. The predicted octanol–water partition coefficient (Wildman–Crippen LogP) is -1.13. The molecular weight excluding hydrogens is 175 g/mol. The molecular formula is C2H4O2Sn. The zero-order valence-electron chi connectivity index (χ0n) is 2.73. The Labute approximate surface area is 44.2 Å². The first-order valence-electron chi connectivity index (χ1n) is 1.31. The Kier molecular flexibility index (Phi) is 5.40. The van der Waals surface area contributed by atoms with Crippen LogP contribution in [0.2, 0.25) is 4.44 Å². The van der Waals surface area contributed by atoms with Crippen LogP contribution in [0.25, 0.3) is 0 Å². The Morgan fingerprint density at radius 3 is 2.40 bits per heavy atom.